The minimum absolute atomic E-state index is 0.241. The van der Waals surface area contributed by atoms with E-state index >= 15 is 0 Å². The Bertz CT molecular complexity index is 1070. The molecule has 3 aromatic carbocycles. The maximum atomic E-state index is 6.49. The zero-order valence-corrected chi connectivity index (χ0v) is 18.3. The predicted molar refractivity (Wildman–Crippen MR) is 119 cm³/mol. The summed E-state index contributed by atoms with van der Waals surface area (Å²) in [5, 5.41) is 5.00. The van der Waals surface area contributed by atoms with E-state index in [-0.39, 0.29) is 13.4 Å². The summed E-state index contributed by atoms with van der Waals surface area (Å²) in [6.07, 6.45) is 0. The van der Waals surface area contributed by atoms with Crippen LogP contribution < -0.4 is 24.3 Å². The average molecular weight is 467 g/mol. The fourth-order valence-electron chi connectivity index (χ4n) is 2.98. The largest absolute Gasteiger partial charge is 0.493 e. The molecule has 0 aromatic heterocycles. The van der Waals surface area contributed by atoms with E-state index in [2.05, 4.69) is 5.32 Å². The predicted octanol–water partition coefficient (Wildman–Crippen LogP) is 6.58. The van der Waals surface area contributed by atoms with Crippen LogP contribution in [-0.2, 0) is 13.2 Å². The van der Waals surface area contributed by atoms with Gasteiger partial charge in [-0.3, -0.25) is 0 Å². The van der Waals surface area contributed by atoms with Gasteiger partial charge in [-0.25, -0.2) is 0 Å². The van der Waals surface area contributed by atoms with Crippen LogP contribution >= 0.6 is 34.8 Å². The van der Waals surface area contributed by atoms with Crippen molar-refractivity contribution in [3.8, 4) is 23.0 Å². The van der Waals surface area contributed by atoms with Crippen LogP contribution in [0.4, 0.5) is 5.69 Å². The maximum Gasteiger partial charge on any atom is 0.231 e. The molecule has 8 heteroatoms. The van der Waals surface area contributed by atoms with Crippen LogP contribution in [0.15, 0.2) is 48.5 Å². The molecule has 0 fully saturated rings. The number of rotatable bonds is 7. The summed E-state index contributed by atoms with van der Waals surface area (Å²) in [4.78, 5) is 0. The lowest BCUT2D eigenvalue weighted by Crippen LogP contribution is -2.03. The highest BCUT2D eigenvalue weighted by atomic mass is 35.5. The van der Waals surface area contributed by atoms with Gasteiger partial charge in [-0.05, 0) is 35.9 Å². The molecule has 1 aliphatic heterocycles. The first-order chi connectivity index (χ1) is 14.5. The van der Waals surface area contributed by atoms with Crippen LogP contribution in [0.25, 0.3) is 0 Å². The first kappa shape index (κ1) is 20.8. The molecular weight excluding hydrogens is 449 g/mol. The minimum Gasteiger partial charge on any atom is -0.493 e. The lowest BCUT2D eigenvalue weighted by Gasteiger charge is -2.15. The summed E-state index contributed by atoms with van der Waals surface area (Å²) in [6.45, 7) is 1.00. The van der Waals surface area contributed by atoms with Gasteiger partial charge in [0, 0.05) is 45.0 Å². The number of methoxy groups -OCH3 is 1. The molecule has 5 nitrogen and oxygen atoms in total. The van der Waals surface area contributed by atoms with E-state index in [0.29, 0.717) is 38.9 Å². The van der Waals surface area contributed by atoms with Crippen molar-refractivity contribution < 1.29 is 18.9 Å². The number of ether oxygens (including phenoxy) is 4. The van der Waals surface area contributed by atoms with E-state index in [1.165, 1.54) is 0 Å². The van der Waals surface area contributed by atoms with Crippen molar-refractivity contribution in [1.29, 1.82) is 0 Å². The monoisotopic (exact) mass is 465 g/mol. The molecule has 0 saturated heterocycles. The van der Waals surface area contributed by atoms with Gasteiger partial charge in [0.15, 0.2) is 23.0 Å². The van der Waals surface area contributed by atoms with Gasteiger partial charge in [-0.1, -0.05) is 40.9 Å². The number of hydrogen-bond donors (Lipinski definition) is 1. The first-order valence-electron chi connectivity index (χ1n) is 9.10. The molecular formula is C22H18Cl3NO4. The van der Waals surface area contributed by atoms with Crippen molar-refractivity contribution in [2.24, 2.45) is 0 Å². The second kappa shape index (κ2) is 9.13. The van der Waals surface area contributed by atoms with E-state index in [9.17, 15) is 0 Å². The molecule has 0 radical (unpaired) electrons. The van der Waals surface area contributed by atoms with Crippen LogP contribution in [0.1, 0.15) is 11.1 Å². The molecule has 0 bridgehead atoms. The Morgan fingerprint density at radius 3 is 2.47 bits per heavy atom. The number of fused-ring (bicyclic) bond motifs is 1. The first-order valence-corrected chi connectivity index (χ1v) is 10.2. The maximum absolute atomic E-state index is 6.49. The van der Waals surface area contributed by atoms with Gasteiger partial charge in [0.1, 0.15) is 6.61 Å². The number of anilines is 1. The molecule has 0 amide bonds. The van der Waals surface area contributed by atoms with Gasteiger partial charge in [0.05, 0.1) is 7.11 Å². The third kappa shape index (κ3) is 4.64. The molecule has 1 N–H and O–H groups in total. The highest BCUT2D eigenvalue weighted by Gasteiger charge is 2.15. The second-order valence-electron chi connectivity index (χ2n) is 6.54. The molecule has 3 aromatic rings. The van der Waals surface area contributed by atoms with E-state index in [4.69, 9.17) is 53.8 Å². The molecule has 0 saturated carbocycles. The molecule has 0 atom stereocenters. The Balaban J connectivity index is 1.46. The molecule has 1 heterocycles. The number of halogens is 3. The zero-order chi connectivity index (χ0) is 21.1. The van der Waals surface area contributed by atoms with Crippen molar-refractivity contribution in [1.82, 2.24) is 0 Å². The minimum atomic E-state index is 0.241. The van der Waals surface area contributed by atoms with Crippen LogP contribution in [-0.4, -0.2) is 13.9 Å². The summed E-state index contributed by atoms with van der Waals surface area (Å²) >= 11 is 18.6. The van der Waals surface area contributed by atoms with Crippen molar-refractivity contribution in [3.63, 3.8) is 0 Å². The lowest BCUT2D eigenvalue weighted by molar-refractivity contribution is 0.174. The Labute approximate surface area is 189 Å². The van der Waals surface area contributed by atoms with Crippen molar-refractivity contribution >= 4 is 40.5 Å². The van der Waals surface area contributed by atoms with Gasteiger partial charge < -0.3 is 24.3 Å². The third-order valence-corrected chi connectivity index (χ3v) is 5.53. The standard InChI is InChI=1S/C22H18Cl3NO4/c1-27-20-6-14(10-26-16-4-5-19-21(8-16)30-12-29-19)18(25)9-22(20)28-11-13-2-3-15(23)7-17(13)24/h2-9,26H,10-12H2,1H3. The summed E-state index contributed by atoms with van der Waals surface area (Å²) < 4.78 is 22.1. The van der Waals surface area contributed by atoms with E-state index in [0.717, 1.165) is 22.6 Å². The molecule has 4 rings (SSSR count). The fourth-order valence-corrected chi connectivity index (χ4v) is 3.67. The van der Waals surface area contributed by atoms with E-state index < -0.39 is 0 Å². The van der Waals surface area contributed by atoms with E-state index in [1.54, 1.807) is 25.3 Å². The smallest absolute Gasteiger partial charge is 0.231 e. The average Bonchev–Trinajstić information content (AvgIpc) is 3.20. The van der Waals surface area contributed by atoms with Crippen molar-refractivity contribution in [3.05, 3.63) is 74.7 Å². The summed E-state index contributed by atoms with van der Waals surface area (Å²) in [5.74, 6) is 2.56. The van der Waals surface area contributed by atoms with Crippen molar-refractivity contribution in [2.75, 3.05) is 19.2 Å². The van der Waals surface area contributed by atoms with Gasteiger partial charge in [-0.15, -0.1) is 0 Å². The SMILES string of the molecule is COc1cc(CNc2ccc3c(c2)OCO3)c(Cl)cc1OCc1ccc(Cl)cc1Cl. The van der Waals surface area contributed by atoms with Gasteiger partial charge in [-0.2, -0.15) is 0 Å². The lowest BCUT2D eigenvalue weighted by atomic mass is 10.2. The Hall–Kier alpha value is -2.47. The molecule has 0 aliphatic carbocycles. The van der Waals surface area contributed by atoms with Crippen LogP contribution in [0.5, 0.6) is 23.0 Å². The normalized spacial score (nSPS) is 12.0. The Morgan fingerprint density at radius 2 is 1.67 bits per heavy atom. The van der Waals surface area contributed by atoms with Gasteiger partial charge >= 0.3 is 0 Å². The Morgan fingerprint density at radius 1 is 0.867 bits per heavy atom. The molecule has 156 valence electrons. The van der Waals surface area contributed by atoms with E-state index in [1.807, 2.05) is 30.3 Å². The molecule has 0 unspecified atom stereocenters. The quantitative estimate of drug-likeness (QED) is 0.426. The van der Waals surface area contributed by atoms with Gasteiger partial charge in [0.2, 0.25) is 6.79 Å². The fraction of sp³-hybridized carbons (Fsp3) is 0.182. The zero-order valence-electron chi connectivity index (χ0n) is 16.0. The van der Waals surface area contributed by atoms with Crippen LogP contribution in [0.3, 0.4) is 0 Å². The summed E-state index contributed by atoms with van der Waals surface area (Å²) in [6, 6.07) is 14.5. The number of benzene rings is 3. The highest BCUT2D eigenvalue weighted by molar-refractivity contribution is 6.35. The number of nitrogens with one attached hydrogen (secondary N) is 1. The highest BCUT2D eigenvalue weighted by Crippen LogP contribution is 2.36. The number of hydrogen-bond acceptors (Lipinski definition) is 5. The third-order valence-electron chi connectivity index (χ3n) is 4.59. The van der Waals surface area contributed by atoms with Gasteiger partial charge in [0.25, 0.3) is 0 Å². The van der Waals surface area contributed by atoms with Crippen LogP contribution in [0, 0.1) is 0 Å². The van der Waals surface area contributed by atoms with Crippen molar-refractivity contribution in [2.45, 2.75) is 13.2 Å². The molecule has 1 aliphatic rings. The second-order valence-corrected chi connectivity index (χ2v) is 7.79. The van der Waals surface area contributed by atoms with Crippen LogP contribution in [0.2, 0.25) is 15.1 Å². The Kier molecular flexibility index (Phi) is 6.32. The molecule has 0 spiro atoms. The summed E-state index contributed by atoms with van der Waals surface area (Å²) in [7, 11) is 1.58. The summed E-state index contributed by atoms with van der Waals surface area (Å²) in [5.41, 5.74) is 2.57. The topological polar surface area (TPSA) is 49.0 Å². The molecule has 30 heavy (non-hydrogen) atoms.